The molecule has 166 valence electrons. The number of benzene rings is 2. The maximum Gasteiger partial charge on any atom is 0.255 e. The summed E-state index contributed by atoms with van der Waals surface area (Å²) in [6, 6.07) is 15.6. The summed E-state index contributed by atoms with van der Waals surface area (Å²) in [6.07, 6.45) is 0. The number of nitrogens with zero attached hydrogens (tertiary/aromatic N) is 3. The summed E-state index contributed by atoms with van der Waals surface area (Å²) in [5.74, 6) is -0.229. The second-order valence-corrected chi connectivity index (χ2v) is 8.92. The molecule has 1 aliphatic rings. The summed E-state index contributed by atoms with van der Waals surface area (Å²) >= 11 is 3.45. The van der Waals surface area contributed by atoms with Crippen LogP contribution in [0.1, 0.15) is 32.1 Å². The molecule has 0 bridgehead atoms. The fourth-order valence-corrected chi connectivity index (χ4v) is 4.69. The highest BCUT2D eigenvalue weighted by Crippen LogP contribution is 2.23. The SMILES string of the molecule is Cc1cc(C(=O)CN2CCN(C(=O)c3ccccc3Br)CC2)c(C)n1-c1ccc(F)cc1. The van der Waals surface area contributed by atoms with Crippen molar-refractivity contribution in [1.82, 2.24) is 14.4 Å². The molecule has 2 heterocycles. The van der Waals surface area contributed by atoms with Gasteiger partial charge in [0.2, 0.25) is 0 Å². The summed E-state index contributed by atoms with van der Waals surface area (Å²) < 4.78 is 16.1. The van der Waals surface area contributed by atoms with Crippen molar-refractivity contribution < 1.29 is 14.0 Å². The quantitative estimate of drug-likeness (QED) is 0.482. The van der Waals surface area contributed by atoms with Crippen LogP contribution in [0.5, 0.6) is 0 Å². The third-order valence-corrected chi connectivity index (χ3v) is 6.64. The van der Waals surface area contributed by atoms with Gasteiger partial charge in [0, 0.05) is 53.3 Å². The number of carbonyl (C=O) groups is 2. The van der Waals surface area contributed by atoms with Crippen LogP contribution in [0.25, 0.3) is 5.69 Å². The van der Waals surface area contributed by atoms with Crippen molar-refractivity contribution in [3.63, 3.8) is 0 Å². The number of amides is 1. The number of aryl methyl sites for hydroxylation is 1. The first-order chi connectivity index (χ1) is 15.3. The Morgan fingerprint density at radius 3 is 2.25 bits per heavy atom. The smallest absolute Gasteiger partial charge is 0.255 e. The van der Waals surface area contributed by atoms with E-state index in [9.17, 15) is 14.0 Å². The van der Waals surface area contributed by atoms with Gasteiger partial charge in [-0.15, -0.1) is 0 Å². The van der Waals surface area contributed by atoms with Crippen molar-refractivity contribution >= 4 is 27.6 Å². The number of aromatic nitrogens is 1. The van der Waals surface area contributed by atoms with E-state index >= 15 is 0 Å². The van der Waals surface area contributed by atoms with Gasteiger partial charge in [0.1, 0.15) is 5.82 Å². The van der Waals surface area contributed by atoms with Crippen molar-refractivity contribution in [2.75, 3.05) is 32.7 Å². The molecule has 32 heavy (non-hydrogen) atoms. The van der Waals surface area contributed by atoms with E-state index in [2.05, 4.69) is 20.8 Å². The highest BCUT2D eigenvalue weighted by atomic mass is 79.9. The first-order valence-corrected chi connectivity index (χ1v) is 11.4. The minimum absolute atomic E-state index is 0.00583. The molecule has 0 N–H and O–H groups in total. The van der Waals surface area contributed by atoms with Crippen LogP contribution in [0, 0.1) is 19.7 Å². The van der Waals surface area contributed by atoms with Crippen LogP contribution in [0.15, 0.2) is 59.1 Å². The van der Waals surface area contributed by atoms with E-state index in [-0.39, 0.29) is 17.5 Å². The summed E-state index contributed by atoms with van der Waals surface area (Å²) in [7, 11) is 0. The molecule has 4 rings (SSSR count). The zero-order valence-corrected chi connectivity index (χ0v) is 19.7. The van der Waals surface area contributed by atoms with E-state index in [4.69, 9.17) is 0 Å². The fraction of sp³-hybridized carbons (Fsp3) is 0.280. The maximum atomic E-state index is 13.3. The van der Waals surface area contributed by atoms with Gasteiger partial charge in [-0.1, -0.05) is 12.1 Å². The van der Waals surface area contributed by atoms with Gasteiger partial charge >= 0.3 is 0 Å². The lowest BCUT2D eigenvalue weighted by atomic mass is 10.1. The number of hydrogen-bond acceptors (Lipinski definition) is 3. The second-order valence-electron chi connectivity index (χ2n) is 8.07. The highest BCUT2D eigenvalue weighted by Gasteiger charge is 2.25. The average Bonchev–Trinajstić information content (AvgIpc) is 3.09. The van der Waals surface area contributed by atoms with Crippen molar-refractivity contribution in [2.24, 2.45) is 0 Å². The number of hydrogen-bond donors (Lipinski definition) is 0. The van der Waals surface area contributed by atoms with Crippen molar-refractivity contribution in [3.05, 3.63) is 87.4 Å². The Labute approximate surface area is 195 Å². The van der Waals surface area contributed by atoms with E-state index < -0.39 is 0 Å². The standard InChI is InChI=1S/C25H25BrFN3O2/c1-17-15-22(18(2)30(17)20-9-7-19(27)8-10-20)24(31)16-28-11-13-29(14-12-28)25(32)21-5-3-4-6-23(21)26/h3-10,15H,11-14,16H2,1-2H3. The maximum absolute atomic E-state index is 13.3. The molecule has 1 fully saturated rings. The Bertz CT molecular complexity index is 1150. The molecule has 0 unspecified atom stereocenters. The molecule has 0 saturated carbocycles. The number of piperazine rings is 1. The van der Waals surface area contributed by atoms with E-state index in [0.29, 0.717) is 43.9 Å². The Hall–Kier alpha value is -2.77. The number of rotatable bonds is 5. The Morgan fingerprint density at radius 2 is 1.59 bits per heavy atom. The first-order valence-electron chi connectivity index (χ1n) is 10.6. The van der Waals surface area contributed by atoms with Crippen LogP contribution in [-0.2, 0) is 0 Å². The predicted molar refractivity (Wildman–Crippen MR) is 126 cm³/mol. The van der Waals surface area contributed by atoms with Gasteiger partial charge in [0.25, 0.3) is 5.91 Å². The van der Waals surface area contributed by atoms with Gasteiger partial charge in [0.05, 0.1) is 12.1 Å². The molecule has 1 amide bonds. The monoisotopic (exact) mass is 497 g/mol. The van der Waals surface area contributed by atoms with Gasteiger partial charge in [0.15, 0.2) is 5.78 Å². The Balaban J connectivity index is 1.40. The zero-order valence-electron chi connectivity index (χ0n) is 18.1. The van der Waals surface area contributed by atoms with Crippen molar-refractivity contribution in [1.29, 1.82) is 0 Å². The fourth-order valence-electron chi connectivity index (χ4n) is 4.23. The number of Topliss-reactive ketones (excluding diaryl/α,β-unsaturated/α-hetero) is 1. The summed E-state index contributed by atoms with van der Waals surface area (Å²) in [5, 5.41) is 0. The summed E-state index contributed by atoms with van der Waals surface area (Å²) in [5.41, 5.74) is 3.95. The Morgan fingerprint density at radius 1 is 0.938 bits per heavy atom. The lowest BCUT2D eigenvalue weighted by Gasteiger charge is -2.34. The third kappa shape index (κ3) is 4.54. The van der Waals surface area contributed by atoms with E-state index in [1.54, 1.807) is 12.1 Å². The molecule has 0 atom stereocenters. The van der Waals surface area contributed by atoms with E-state index in [1.807, 2.05) is 53.6 Å². The van der Waals surface area contributed by atoms with E-state index in [0.717, 1.165) is 21.5 Å². The van der Waals surface area contributed by atoms with Crippen LogP contribution >= 0.6 is 15.9 Å². The highest BCUT2D eigenvalue weighted by molar-refractivity contribution is 9.10. The molecule has 1 aromatic heterocycles. The molecule has 0 radical (unpaired) electrons. The van der Waals surface area contributed by atoms with Gasteiger partial charge in [-0.2, -0.15) is 0 Å². The number of carbonyl (C=O) groups excluding carboxylic acids is 2. The molecule has 0 spiro atoms. The molecular weight excluding hydrogens is 473 g/mol. The Kier molecular flexibility index (Phi) is 6.58. The van der Waals surface area contributed by atoms with Crippen LogP contribution in [0.4, 0.5) is 4.39 Å². The third-order valence-electron chi connectivity index (χ3n) is 5.95. The van der Waals surface area contributed by atoms with Crippen molar-refractivity contribution in [2.45, 2.75) is 13.8 Å². The predicted octanol–water partition coefficient (Wildman–Crippen LogP) is 4.64. The summed E-state index contributed by atoms with van der Waals surface area (Å²) in [4.78, 5) is 29.8. The van der Waals surface area contributed by atoms with Gasteiger partial charge < -0.3 is 9.47 Å². The van der Waals surface area contributed by atoms with Crippen LogP contribution < -0.4 is 0 Å². The molecule has 2 aromatic carbocycles. The van der Waals surface area contributed by atoms with Crippen LogP contribution in [-0.4, -0.2) is 58.8 Å². The molecular formula is C25H25BrFN3O2. The number of halogens is 2. The van der Waals surface area contributed by atoms with E-state index in [1.165, 1.54) is 12.1 Å². The molecule has 0 aliphatic carbocycles. The first kappa shape index (κ1) is 22.4. The van der Waals surface area contributed by atoms with Gasteiger partial charge in [-0.05, 0) is 72.2 Å². The normalized spacial score (nSPS) is 14.6. The minimum atomic E-state index is -0.287. The zero-order chi connectivity index (χ0) is 22.8. The topological polar surface area (TPSA) is 45.6 Å². The van der Waals surface area contributed by atoms with Gasteiger partial charge in [-0.25, -0.2) is 4.39 Å². The van der Waals surface area contributed by atoms with Crippen LogP contribution in [0.2, 0.25) is 0 Å². The minimum Gasteiger partial charge on any atom is -0.336 e. The lowest BCUT2D eigenvalue weighted by Crippen LogP contribution is -2.50. The molecule has 3 aromatic rings. The number of ketones is 1. The lowest BCUT2D eigenvalue weighted by molar-refractivity contribution is 0.0623. The molecule has 1 aliphatic heterocycles. The molecule has 7 heteroatoms. The largest absolute Gasteiger partial charge is 0.336 e. The average molecular weight is 498 g/mol. The van der Waals surface area contributed by atoms with Crippen molar-refractivity contribution in [3.8, 4) is 5.69 Å². The molecule has 1 saturated heterocycles. The van der Waals surface area contributed by atoms with Crippen LogP contribution in [0.3, 0.4) is 0 Å². The second kappa shape index (κ2) is 9.38. The van der Waals surface area contributed by atoms with Gasteiger partial charge in [-0.3, -0.25) is 14.5 Å². The molecule has 5 nitrogen and oxygen atoms in total. The summed E-state index contributed by atoms with van der Waals surface area (Å²) in [6.45, 7) is 6.64.